The molecule has 0 bridgehead atoms. The minimum atomic E-state index is -4.48. The maximum absolute atomic E-state index is 13.4. The predicted octanol–water partition coefficient (Wildman–Crippen LogP) is 4.07. The number of nitrogens with zero attached hydrogens (tertiary/aromatic N) is 4. The van der Waals surface area contributed by atoms with Gasteiger partial charge in [-0.05, 0) is 43.7 Å². The Hall–Kier alpha value is -2.65. The molecule has 6 nitrogen and oxygen atoms in total. The van der Waals surface area contributed by atoms with E-state index in [0.717, 1.165) is 47.9 Å². The molecule has 0 amide bonds. The number of rotatable bonds is 7. The molecular formula is C22H25F3N4O2. The molecule has 3 aromatic rings. The molecule has 166 valence electrons. The van der Waals surface area contributed by atoms with E-state index in [4.69, 9.17) is 9.47 Å². The number of likely N-dealkylation sites (tertiary alicyclic amines) is 1. The zero-order valence-corrected chi connectivity index (χ0v) is 17.5. The second-order valence-electron chi connectivity index (χ2n) is 7.83. The van der Waals surface area contributed by atoms with Crippen molar-refractivity contribution in [1.82, 2.24) is 19.5 Å². The van der Waals surface area contributed by atoms with Crippen LogP contribution in [0.5, 0.6) is 5.75 Å². The predicted molar refractivity (Wildman–Crippen MR) is 109 cm³/mol. The zero-order chi connectivity index (χ0) is 22.0. The van der Waals surface area contributed by atoms with E-state index in [1.165, 1.54) is 0 Å². The lowest BCUT2D eigenvalue weighted by molar-refractivity contribution is -0.142. The van der Waals surface area contributed by atoms with Crippen LogP contribution in [0.25, 0.3) is 5.65 Å². The Balaban J connectivity index is 1.46. The summed E-state index contributed by atoms with van der Waals surface area (Å²) < 4.78 is 51.8. The number of aromatic nitrogens is 3. The van der Waals surface area contributed by atoms with Gasteiger partial charge in [-0.3, -0.25) is 4.90 Å². The summed E-state index contributed by atoms with van der Waals surface area (Å²) in [4.78, 5) is 6.52. The molecule has 1 unspecified atom stereocenters. The molecule has 0 N–H and O–H groups in total. The van der Waals surface area contributed by atoms with Crippen molar-refractivity contribution in [2.75, 3.05) is 33.4 Å². The lowest BCUT2D eigenvalue weighted by Crippen LogP contribution is -2.20. The van der Waals surface area contributed by atoms with Gasteiger partial charge in [-0.2, -0.15) is 18.3 Å². The topological polar surface area (TPSA) is 51.9 Å². The summed E-state index contributed by atoms with van der Waals surface area (Å²) in [6.07, 6.45) is -3.64. The van der Waals surface area contributed by atoms with E-state index >= 15 is 0 Å². The van der Waals surface area contributed by atoms with Crippen LogP contribution in [0.4, 0.5) is 13.2 Å². The number of hydrogen-bond acceptors (Lipinski definition) is 5. The maximum Gasteiger partial charge on any atom is 0.433 e. The van der Waals surface area contributed by atoms with E-state index in [2.05, 4.69) is 15.0 Å². The van der Waals surface area contributed by atoms with Crippen molar-refractivity contribution in [3.05, 3.63) is 59.0 Å². The van der Waals surface area contributed by atoms with Crippen LogP contribution in [0.3, 0.4) is 0 Å². The lowest BCUT2D eigenvalue weighted by atomic mass is 10.1. The Labute approximate surface area is 178 Å². The largest absolute Gasteiger partial charge is 0.491 e. The molecule has 1 aliphatic rings. The van der Waals surface area contributed by atoms with Crippen LogP contribution < -0.4 is 4.74 Å². The number of alkyl halides is 3. The maximum atomic E-state index is 13.4. The van der Waals surface area contributed by atoms with Gasteiger partial charge in [0.15, 0.2) is 5.65 Å². The van der Waals surface area contributed by atoms with Crippen LogP contribution in [-0.4, -0.2) is 52.9 Å². The van der Waals surface area contributed by atoms with Gasteiger partial charge in [0, 0.05) is 37.9 Å². The third-order valence-electron chi connectivity index (χ3n) is 5.42. The third kappa shape index (κ3) is 4.99. The molecule has 1 fully saturated rings. The molecule has 1 aliphatic heterocycles. The van der Waals surface area contributed by atoms with Crippen molar-refractivity contribution >= 4 is 5.65 Å². The number of fused-ring (bicyclic) bond motifs is 1. The van der Waals surface area contributed by atoms with Gasteiger partial charge in [0.2, 0.25) is 0 Å². The zero-order valence-electron chi connectivity index (χ0n) is 17.5. The highest BCUT2D eigenvalue weighted by Crippen LogP contribution is 2.32. The normalized spacial score (nSPS) is 17.5. The Morgan fingerprint density at radius 2 is 2.00 bits per heavy atom. The molecule has 0 saturated carbocycles. The molecular weight excluding hydrogens is 409 g/mol. The van der Waals surface area contributed by atoms with Crippen molar-refractivity contribution in [1.29, 1.82) is 0 Å². The minimum Gasteiger partial charge on any atom is -0.491 e. The van der Waals surface area contributed by atoms with Crippen LogP contribution in [0.2, 0.25) is 0 Å². The summed E-state index contributed by atoms with van der Waals surface area (Å²) in [6, 6.07) is 10.6. The van der Waals surface area contributed by atoms with E-state index < -0.39 is 11.9 Å². The highest BCUT2D eigenvalue weighted by molar-refractivity contribution is 5.43. The van der Waals surface area contributed by atoms with E-state index in [9.17, 15) is 13.2 Å². The summed E-state index contributed by atoms with van der Waals surface area (Å²) >= 11 is 0. The standard InChI is InChI=1S/C22H25F3N4O2/c1-15-10-20(22(23,24)25)29-21(26-15)12-19(27-29)17-6-7-28(14-17)13-16-4-3-5-18(11-16)31-9-8-30-2/h3-5,10-12,17H,6-9,13-14H2,1-2H3. The first-order valence-corrected chi connectivity index (χ1v) is 10.2. The second kappa shape index (κ2) is 8.84. The average Bonchev–Trinajstić information content (AvgIpc) is 3.34. The van der Waals surface area contributed by atoms with Crippen LogP contribution >= 0.6 is 0 Å². The van der Waals surface area contributed by atoms with Gasteiger partial charge in [0.25, 0.3) is 0 Å². The molecule has 1 aromatic carbocycles. The van der Waals surface area contributed by atoms with E-state index in [-0.39, 0.29) is 11.6 Å². The molecule has 9 heteroatoms. The summed E-state index contributed by atoms with van der Waals surface area (Å²) in [7, 11) is 1.63. The highest BCUT2D eigenvalue weighted by Gasteiger charge is 2.35. The molecule has 31 heavy (non-hydrogen) atoms. The fourth-order valence-electron chi connectivity index (χ4n) is 3.97. The number of halogens is 3. The first kappa shape index (κ1) is 21.6. The van der Waals surface area contributed by atoms with Crippen LogP contribution in [0.15, 0.2) is 36.4 Å². The fraction of sp³-hybridized carbons (Fsp3) is 0.455. The lowest BCUT2D eigenvalue weighted by Gasteiger charge is -2.16. The van der Waals surface area contributed by atoms with Crippen molar-refractivity contribution in [2.45, 2.75) is 32.0 Å². The van der Waals surface area contributed by atoms with E-state index in [1.807, 2.05) is 24.3 Å². The van der Waals surface area contributed by atoms with Gasteiger partial charge in [0.1, 0.15) is 18.1 Å². The van der Waals surface area contributed by atoms with Gasteiger partial charge >= 0.3 is 6.18 Å². The molecule has 1 saturated heterocycles. The SMILES string of the molecule is COCCOc1cccc(CN2CCC(c3cc4nc(C)cc(C(F)(F)F)n4n3)C2)c1. The summed E-state index contributed by atoms with van der Waals surface area (Å²) in [6.45, 7) is 4.92. The Bertz CT molecular complexity index is 1050. The van der Waals surface area contributed by atoms with Gasteiger partial charge in [-0.1, -0.05) is 12.1 Å². The van der Waals surface area contributed by atoms with Gasteiger partial charge in [0.05, 0.1) is 12.3 Å². The second-order valence-corrected chi connectivity index (χ2v) is 7.83. The van der Waals surface area contributed by atoms with E-state index in [0.29, 0.717) is 24.6 Å². The molecule has 0 spiro atoms. The van der Waals surface area contributed by atoms with Crippen LogP contribution in [0.1, 0.15) is 35.0 Å². The smallest absolute Gasteiger partial charge is 0.433 e. The average molecular weight is 434 g/mol. The number of aryl methyl sites for hydroxylation is 1. The number of ether oxygens (including phenoxy) is 2. The summed E-state index contributed by atoms with van der Waals surface area (Å²) in [5.74, 6) is 0.871. The first-order chi connectivity index (χ1) is 14.8. The molecule has 3 heterocycles. The molecule has 1 atom stereocenters. The van der Waals surface area contributed by atoms with Crippen molar-refractivity contribution < 1.29 is 22.6 Å². The Morgan fingerprint density at radius 1 is 1.16 bits per heavy atom. The molecule has 0 radical (unpaired) electrons. The number of hydrogen-bond donors (Lipinski definition) is 0. The number of benzene rings is 1. The Morgan fingerprint density at radius 3 is 2.77 bits per heavy atom. The molecule has 0 aliphatic carbocycles. The summed E-state index contributed by atoms with van der Waals surface area (Å²) in [5, 5.41) is 4.28. The van der Waals surface area contributed by atoms with Crippen molar-refractivity contribution in [3.8, 4) is 5.75 Å². The minimum absolute atomic E-state index is 0.0734. The molecule has 4 rings (SSSR count). The summed E-state index contributed by atoms with van der Waals surface area (Å²) in [5.41, 5.74) is 1.56. The third-order valence-corrected chi connectivity index (χ3v) is 5.42. The fourth-order valence-corrected chi connectivity index (χ4v) is 3.97. The number of methoxy groups -OCH3 is 1. The molecule has 2 aromatic heterocycles. The monoisotopic (exact) mass is 434 g/mol. The Kier molecular flexibility index (Phi) is 6.15. The highest BCUT2D eigenvalue weighted by atomic mass is 19.4. The quantitative estimate of drug-likeness (QED) is 0.525. The van der Waals surface area contributed by atoms with Gasteiger partial charge in [-0.25, -0.2) is 9.50 Å². The van der Waals surface area contributed by atoms with Crippen LogP contribution in [-0.2, 0) is 17.5 Å². The van der Waals surface area contributed by atoms with Gasteiger partial charge < -0.3 is 9.47 Å². The van der Waals surface area contributed by atoms with Crippen molar-refractivity contribution in [2.24, 2.45) is 0 Å². The van der Waals surface area contributed by atoms with Crippen LogP contribution in [0, 0.1) is 6.92 Å². The van der Waals surface area contributed by atoms with Crippen molar-refractivity contribution in [3.63, 3.8) is 0 Å². The first-order valence-electron chi connectivity index (χ1n) is 10.2. The van der Waals surface area contributed by atoms with Gasteiger partial charge in [-0.15, -0.1) is 0 Å². The van der Waals surface area contributed by atoms with E-state index in [1.54, 1.807) is 20.1 Å².